The van der Waals surface area contributed by atoms with Gasteiger partial charge in [0.25, 0.3) is 5.91 Å². The second-order valence-corrected chi connectivity index (χ2v) is 8.55. The number of benzene rings is 2. The van der Waals surface area contributed by atoms with Crippen LogP contribution in [-0.2, 0) is 26.0 Å². The fourth-order valence-electron chi connectivity index (χ4n) is 2.32. The zero-order valence-electron chi connectivity index (χ0n) is 16.3. The third-order valence-electron chi connectivity index (χ3n) is 4.15. The fourth-order valence-corrected chi connectivity index (χ4v) is 3.23. The molecule has 2 aromatic carbocycles. The molecule has 0 unspecified atom stereocenters. The highest BCUT2D eigenvalue weighted by molar-refractivity contribution is 7.89. The van der Waals surface area contributed by atoms with Gasteiger partial charge in [-0.1, -0.05) is 19.1 Å². The summed E-state index contributed by atoms with van der Waals surface area (Å²) in [6, 6.07) is 12.8. The van der Waals surface area contributed by atoms with Crippen molar-refractivity contribution in [1.29, 1.82) is 0 Å². The van der Waals surface area contributed by atoms with Crippen LogP contribution in [0.5, 0.6) is 0 Å². The van der Waals surface area contributed by atoms with Gasteiger partial charge in [-0.25, -0.2) is 17.5 Å². The minimum absolute atomic E-state index is 0.0652. The molecule has 1 atom stereocenters. The minimum atomic E-state index is -3.58. The Morgan fingerprint density at radius 2 is 1.61 bits per heavy atom. The highest BCUT2D eigenvalue weighted by Crippen LogP contribution is 2.15. The van der Waals surface area contributed by atoms with Crippen LogP contribution in [0.2, 0.25) is 0 Å². The summed E-state index contributed by atoms with van der Waals surface area (Å²) < 4.78 is 30.4. The van der Waals surface area contributed by atoms with E-state index in [-0.39, 0.29) is 10.5 Å². The molecule has 0 aromatic heterocycles. The number of sulfonamides is 1. The number of hydrogen-bond acceptors (Lipinski definition) is 5. The summed E-state index contributed by atoms with van der Waals surface area (Å²) in [4.78, 5) is 24.5. The van der Waals surface area contributed by atoms with Crippen molar-refractivity contribution >= 4 is 27.6 Å². The van der Waals surface area contributed by atoms with Crippen LogP contribution in [0.3, 0.4) is 0 Å². The van der Waals surface area contributed by atoms with Gasteiger partial charge < -0.3 is 10.1 Å². The molecule has 0 radical (unpaired) electrons. The topological polar surface area (TPSA) is 92.8 Å². The van der Waals surface area contributed by atoms with Crippen LogP contribution in [0.15, 0.2) is 53.4 Å². The fraction of sp³-hybridized carbons (Fsp3) is 0.300. The quantitative estimate of drug-likeness (QED) is 0.716. The van der Waals surface area contributed by atoms with Crippen LogP contribution < -0.4 is 5.32 Å². The van der Waals surface area contributed by atoms with E-state index in [2.05, 4.69) is 5.32 Å². The van der Waals surface area contributed by atoms with E-state index in [0.29, 0.717) is 5.69 Å². The average molecular weight is 404 g/mol. The molecule has 0 aliphatic rings. The number of anilines is 1. The van der Waals surface area contributed by atoms with Crippen LogP contribution in [0.4, 0.5) is 5.69 Å². The van der Waals surface area contributed by atoms with E-state index in [1.165, 1.54) is 45.3 Å². The zero-order valence-corrected chi connectivity index (χ0v) is 17.1. The number of amides is 1. The molecule has 0 bridgehead atoms. The van der Waals surface area contributed by atoms with Gasteiger partial charge in [0.2, 0.25) is 10.0 Å². The van der Waals surface area contributed by atoms with Crippen molar-refractivity contribution in [3.05, 3.63) is 59.7 Å². The van der Waals surface area contributed by atoms with Crippen molar-refractivity contribution in [3.63, 3.8) is 0 Å². The Kier molecular flexibility index (Phi) is 6.93. The van der Waals surface area contributed by atoms with Gasteiger partial charge in [-0.15, -0.1) is 0 Å². The normalized spacial score (nSPS) is 12.5. The summed E-state index contributed by atoms with van der Waals surface area (Å²) in [5.74, 6) is -1.16. The number of rotatable bonds is 7. The summed E-state index contributed by atoms with van der Waals surface area (Å²) in [6.45, 7) is 3.51. The third kappa shape index (κ3) is 5.17. The number of carbonyl (C=O) groups excluding carboxylic acids is 2. The largest absolute Gasteiger partial charge is 0.449 e. The first kappa shape index (κ1) is 21.6. The van der Waals surface area contributed by atoms with Crippen molar-refractivity contribution in [3.8, 4) is 0 Å². The Morgan fingerprint density at radius 1 is 1.04 bits per heavy atom. The zero-order chi connectivity index (χ0) is 20.9. The molecule has 8 heteroatoms. The molecule has 0 aliphatic heterocycles. The smallest absolute Gasteiger partial charge is 0.338 e. The molecule has 28 heavy (non-hydrogen) atoms. The number of ether oxygens (including phenoxy) is 1. The lowest BCUT2D eigenvalue weighted by Crippen LogP contribution is -2.30. The SMILES string of the molecule is CCc1ccc(NC(=O)[C@H](C)OC(=O)c2ccc(S(=O)(=O)N(C)C)cc2)cc1. The first-order valence-electron chi connectivity index (χ1n) is 8.78. The lowest BCUT2D eigenvalue weighted by Gasteiger charge is -2.14. The number of aryl methyl sites for hydroxylation is 1. The van der Waals surface area contributed by atoms with Gasteiger partial charge in [-0.3, -0.25) is 4.79 Å². The van der Waals surface area contributed by atoms with Crippen LogP contribution in [-0.4, -0.2) is 44.8 Å². The Hall–Kier alpha value is -2.71. The second-order valence-electron chi connectivity index (χ2n) is 6.40. The summed E-state index contributed by atoms with van der Waals surface area (Å²) in [6.07, 6.45) is -0.111. The average Bonchev–Trinajstić information content (AvgIpc) is 2.68. The molecule has 0 saturated carbocycles. The number of carbonyl (C=O) groups is 2. The van der Waals surface area contributed by atoms with Gasteiger partial charge >= 0.3 is 5.97 Å². The third-order valence-corrected chi connectivity index (χ3v) is 5.98. The van der Waals surface area contributed by atoms with Crippen LogP contribution in [0.1, 0.15) is 29.8 Å². The van der Waals surface area contributed by atoms with Gasteiger partial charge in [-0.05, 0) is 55.3 Å². The van der Waals surface area contributed by atoms with Crippen molar-refractivity contribution in [1.82, 2.24) is 4.31 Å². The predicted molar refractivity (Wildman–Crippen MR) is 107 cm³/mol. The van der Waals surface area contributed by atoms with Crippen LogP contribution >= 0.6 is 0 Å². The highest BCUT2D eigenvalue weighted by Gasteiger charge is 2.21. The first-order valence-corrected chi connectivity index (χ1v) is 10.2. The van der Waals surface area contributed by atoms with Crippen LogP contribution in [0, 0.1) is 0 Å². The molecule has 2 rings (SSSR count). The summed E-state index contributed by atoms with van der Waals surface area (Å²) in [5.41, 5.74) is 1.92. The van der Waals surface area contributed by atoms with Crippen molar-refractivity contribution in [2.75, 3.05) is 19.4 Å². The Morgan fingerprint density at radius 3 is 2.11 bits per heavy atom. The molecule has 1 amide bonds. The van der Waals surface area contributed by atoms with Gasteiger partial charge in [-0.2, -0.15) is 0 Å². The molecule has 7 nitrogen and oxygen atoms in total. The Balaban J connectivity index is 2.00. The monoisotopic (exact) mass is 404 g/mol. The van der Waals surface area contributed by atoms with Gasteiger partial charge in [0.05, 0.1) is 10.5 Å². The summed E-state index contributed by atoms with van der Waals surface area (Å²) in [5, 5.41) is 2.69. The predicted octanol–water partition coefficient (Wildman–Crippen LogP) is 2.68. The number of nitrogens with one attached hydrogen (secondary N) is 1. The molecule has 0 spiro atoms. The Bertz CT molecular complexity index is 936. The lowest BCUT2D eigenvalue weighted by atomic mass is 10.1. The molecule has 0 fully saturated rings. The number of nitrogens with zero attached hydrogens (tertiary/aromatic N) is 1. The highest BCUT2D eigenvalue weighted by atomic mass is 32.2. The maximum Gasteiger partial charge on any atom is 0.338 e. The van der Waals surface area contributed by atoms with E-state index >= 15 is 0 Å². The van der Waals surface area contributed by atoms with Crippen molar-refractivity contribution in [2.24, 2.45) is 0 Å². The van der Waals surface area contributed by atoms with Gasteiger partial charge in [0.15, 0.2) is 6.10 Å². The maximum atomic E-state index is 12.2. The van der Waals surface area contributed by atoms with Crippen LogP contribution in [0.25, 0.3) is 0 Å². The number of hydrogen-bond donors (Lipinski definition) is 1. The standard InChI is InChI=1S/C20H24N2O5S/c1-5-15-6-10-17(11-7-15)21-19(23)14(2)27-20(24)16-8-12-18(13-9-16)28(25,26)22(3)4/h6-14H,5H2,1-4H3,(H,21,23)/t14-/m0/s1. The van der Waals surface area contributed by atoms with E-state index < -0.39 is 28.0 Å². The summed E-state index contributed by atoms with van der Waals surface area (Å²) in [7, 11) is -0.730. The van der Waals surface area contributed by atoms with E-state index in [0.717, 1.165) is 16.3 Å². The van der Waals surface area contributed by atoms with Crippen molar-refractivity contribution < 1.29 is 22.7 Å². The minimum Gasteiger partial charge on any atom is -0.449 e. The van der Waals surface area contributed by atoms with Crippen molar-refractivity contribution in [2.45, 2.75) is 31.3 Å². The molecule has 1 N–H and O–H groups in total. The number of esters is 1. The van der Waals surface area contributed by atoms with E-state index in [4.69, 9.17) is 4.74 Å². The first-order chi connectivity index (χ1) is 13.1. The Labute approximate surface area is 165 Å². The second kappa shape index (κ2) is 8.99. The van der Waals surface area contributed by atoms with E-state index in [1.54, 1.807) is 12.1 Å². The summed E-state index contributed by atoms with van der Waals surface area (Å²) >= 11 is 0. The van der Waals surface area contributed by atoms with E-state index in [1.807, 2.05) is 19.1 Å². The molecule has 2 aromatic rings. The molecular formula is C20H24N2O5S. The molecule has 0 aliphatic carbocycles. The molecular weight excluding hydrogens is 380 g/mol. The maximum absolute atomic E-state index is 12.2. The molecule has 0 saturated heterocycles. The molecule has 150 valence electrons. The van der Waals surface area contributed by atoms with Gasteiger partial charge in [0, 0.05) is 19.8 Å². The lowest BCUT2D eigenvalue weighted by molar-refractivity contribution is -0.123. The van der Waals surface area contributed by atoms with Gasteiger partial charge in [0.1, 0.15) is 0 Å². The van der Waals surface area contributed by atoms with E-state index in [9.17, 15) is 18.0 Å². The molecule has 0 heterocycles.